The molecule has 0 saturated heterocycles. The van der Waals surface area contributed by atoms with Gasteiger partial charge in [-0.3, -0.25) is 0 Å². The summed E-state index contributed by atoms with van der Waals surface area (Å²) >= 11 is 3.91. The van der Waals surface area contributed by atoms with Gasteiger partial charge >= 0.3 is 0 Å². The van der Waals surface area contributed by atoms with Crippen LogP contribution in [0.5, 0.6) is 0 Å². The molecular weight excluding hydrogens is 294 g/mol. The summed E-state index contributed by atoms with van der Waals surface area (Å²) in [6.45, 7) is 7.92. The number of aromatic nitrogens is 1. The number of nitrogens with zero attached hydrogens (tertiary/aromatic N) is 1. The molecule has 0 N–H and O–H groups in total. The normalized spacial score (nSPS) is 12.0. The van der Waals surface area contributed by atoms with Crippen LogP contribution in [0, 0.1) is 13.8 Å². The molecule has 3 heterocycles. The van der Waals surface area contributed by atoms with Crippen molar-refractivity contribution in [2.45, 2.75) is 65.8 Å². The van der Waals surface area contributed by atoms with Gasteiger partial charge in [-0.05, 0) is 32.4 Å². The van der Waals surface area contributed by atoms with Crippen LogP contribution in [-0.4, -0.2) is 4.57 Å². The Kier molecular flexibility index (Phi) is 4.70. The van der Waals surface area contributed by atoms with E-state index in [-0.39, 0.29) is 0 Å². The third-order valence-electron chi connectivity index (χ3n) is 4.19. The first-order valence-corrected chi connectivity index (χ1v) is 9.82. The van der Waals surface area contributed by atoms with Crippen LogP contribution in [0.15, 0.2) is 12.1 Å². The van der Waals surface area contributed by atoms with Crippen molar-refractivity contribution in [3.8, 4) is 0 Å². The number of hydrogen-bond acceptors (Lipinski definition) is 2. The minimum absolute atomic E-state index is 1.18. The topological polar surface area (TPSA) is 4.93 Å². The first-order chi connectivity index (χ1) is 10.2. The summed E-state index contributed by atoms with van der Waals surface area (Å²) in [6.07, 6.45) is 8.21. The lowest BCUT2D eigenvalue weighted by molar-refractivity contribution is 0.571. The van der Waals surface area contributed by atoms with E-state index in [1.165, 1.54) is 75.3 Å². The van der Waals surface area contributed by atoms with Gasteiger partial charge < -0.3 is 4.57 Å². The van der Waals surface area contributed by atoms with Gasteiger partial charge in [-0.25, -0.2) is 0 Å². The number of rotatable bonds is 7. The molecule has 21 heavy (non-hydrogen) atoms. The second-order valence-corrected chi connectivity index (χ2v) is 8.57. The molecule has 0 unspecified atom stereocenters. The first-order valence-electron chi connectivity index (χ1n) is 8.19. The molecule has 0 aliphatic carbocycles. The molecule has 0 fully saturated rings. The maximum absolute atomic E-state index is 2.57. The number of thiophene rings is 2. The van der Waals surface area contributed by atoms with Crippen molar-refractivity contribution in [3.63, 3.8) is 0 Å². The van der Waals surface area contributed by atoms with Gasteiger partial charge in [0.25, 0.3) is 0 Å². The van der Waals surface area contributed by atoms with Crippen LogP contribution in [0.2, 0.25) is 0 Å². The predicted octanol–water partition coefficient (Wildman–Crippen LogP) is 6.89. The Balaban J connectivity index is 1.78. The van der Waals surface area contributed by atoms with E-state index in [9.17, 15) is 0 Å². The zero-order valence-electron chi connectivity index (χ0n) is 13.4. The maximum Gasteiger partial charge on any atom is 0.0703 e. The highest BCUT2D eigenvalue weighted by Gasteiger charge is 2.15. The van der Waals surface area contributed by atoms with Crippen molar-refractivity contribution >= 4 is 43.1 Å². The molecule has 0 aromatic carbocycles. The molecule has 0 saturated carbocycles. The molecule has 3 heteroatoms. The lowest BCUT2D eigenvalue weighted by atomic mass is 10.1. The number of fused-ring (bicyclic) bond motifs is 3. The fourth-order valence-electron chi connectivity index (χ4n) is 3.15. The van der Waals surface area contributed by atoms with E-state index in [0.717, 1.165) is 0 Å². The Labute approximate surface area is 135 Å². The third kappa shape index (κ3) is 3.04. The summed E-state index contributed by atoms with van der Waals surface area (Å²) < 4.78 is 5.58. The van der Waals surface area contributed by atoms with Crippen molar-refractivity contribution in [2.75, 3.05) is 0 Å². The van der Waals surface area contributed by atoms with Crippen LogP contribution >= 0.6 is 22.7 Å². The van der Waals surface area contributed by atoms with Gasteiger partial charge in [0, 0.05) is 16.3 Å². The van der Waals surface area contributed by atoms with Crippen molar-refractivity contribution in [1.29, 1.82) is 0 Å². The van der Waals surface area contributed by atoms with Crippen molar-refractivity contribution in [2.24, 2.45) is 0 Å². The summed E-state index contributed by atoms with van der Waals surface area (Å²) in [4.78, 5) is 2.87. The Morgan fingerprint density at radius 1 is 0.810 bits per heavy atom. The molecule has 3 aromatic heterocycles. The Hall–Kier alpha value is -0.800. The molecule has 3 rings (SSSR count). The van der Waals surface area contributed by atoms with E-state index in [4.69, 9.17) is 0 Å². The van der Waals surface area contributed by atoms with Gasteiger partial charge in [0.15, 0.2) is 0 Å². The zero-order chi connectivity index (χ0) is 14.8. The van der Waals surface area contributed by atoms with Gasteiger partial charge in [0.05, 0.1) is 20.4 Å². The minimum atomic E-state index is 1.18. The summed E-state index contributed by atoms with van der Waals surface area (Å²) in [5.41, 5.74) is 2.93. The quantitative estimate of drug-likeness (QED) is 0.418. The minimum Gasteiger partial charge on any atom is -0.339 e. The largest absolute Gasteiger partial charge is 0.339 e. The van der Waals surface area contributed by atoms with Crippen molar-refractivity contribution in [3.05, 3.63) is 21.9 Å². The standard InChI is InChI=1S/C18H25NS2/c1-4-5-6-7-8-9-10-19-15-11-13(2)20-17(15)18-16(19)12-14(3)21-18/h11-12H,4-10H2,1-3H3. The molecule has 0 aliphatic heterocycles. The fraction of sp³-hybridized carbons (Fsp3) is 0.556. The average Bonchev–Trinajstić information content (AvgIpc) is 3.06. The Morgan fingerprint density at radius 2 is 1.33 bits per heavy atom. The summed E-state index contributed by atoms with van der Waals surface area (Å²) in [5.74, 6) is 0. The zero-order valence-corrected chi connectivity index (χ0v) is 15.0. The SMILES string of the molecule is CCCCCCCCn1c2cc(C)sc2c2sc(C)cc21. The predicted molar refractivity (Wildman–Crippen MR) is 98.0 cm³/mol. The molecule has 0 spiro atoms. The van der Waals surface area contributed by atoms with E-state index in [1.54, 1.807) is 0 Å². The van der Waals surface area contributed by atoms with Gasteiger partial charge in [-0.2, -0.15) is 0 Å². The highest BCUT2D eigenvalue weighted by molar-refractivity contribution is 7.27. The molecule has 3 aromatic rings. The van der Waals surface area contributed by atoms with Crippen LogP contribution in [0.25, 0.3) is 20.4 Å². The van der Waals surface area contributed by atoms with Gasteiger partial charge in [-0.1, -0.05) is 39.0 Å². The van der Waals surface area contributed by atoms with Crippen molar-refractivity contribution in [1.82, 2.24) is 4.57 Å². The van der Waals surface area contributed by atoms with Crippen LogP contribution in [0.3, 0.4) is 0 Å². The van der Waals surface area contributed by atoms with E-state index in [1.807, 2.05) is 22.7 Å². The van der Waals surface area contributed by atoms with E-state index in [0.29, 0.717) is 0 Å². The Morgan fingerprint density at radius 3 is 1.90 bits per heavy atom. The molecule has 1 nitrogen and oxygen atoms in total. The van der Waals surface area contributed by atoms with E-state index >= 15 is 0 Å². The molecule has 0 aliphatic rings. The monoisotopic (exact) mass is 319 g/mol. The van der Waals surface area contributed by atoms with Crippen LogP contribution in [-0.2, 0) is 6.54 Å². The lowest BCUT2D eigenvalue weighted by Gasteiger charge is -2.06. The first kappa shape index (κ1) is 15.1. The lowest BCUT2D eigenvalue weighted by Crippen LogP contribution is -1.96. The highest BCUT2D eigenvalue weighted by atomic mass is 32.1. The van der Waals surface area contributed by atoms with Gasteiger partial charge in [0.2, 0.25) is 0 Å². The van der Waals surface area contributed by atoms with E-state index in [2.05, 4.69) is 37.5 Å². The van der Waals surface area contributed by atoms with Crippen molar-refractivity contribution < 1.29 is 0 Å². The number of aryl methyl sites for hydroxylation is 3. The number of unbranched alkanes of at least 4 members (excludes halogenated alkanes) is 5. The second kappa shape index (κ2) is 6.53. The smallest absolute Gasteiger partial charge is 0.0703 e. The van der Waals surface area contributed by atoms with Gasteiger partial charge in [0.1, 0.15) is 0 Å². The molecule has 114 valence electrons. The molecule has 0 bridgehead atoms. The van der Waals surface area contributed by atoms with Crippen LogP contribution in [0.4, 0.5) is 0 Å². The summed E-state index contributed by atoms with van der Waals surface area (Å²) in [6, 6.07) is 4.75. The molecule has 0 radical (unpaired) electrons. The molecule has 0 amide bonds. The van der Waals surface area contributed by atoms with Gasteiger partial charge in [-0.15, -0.1) is 22.7 Å². The Bertz CT molecular complexity index is 675. The third-order valence-corrected chi connectivity index (χ3v) is 6.44. The van der Waals surface area contributed by atoms with Crippen LogP contribution < -0.4 is 0 Å². The second-order valence-electron chi connectivity index (χ2n) is 6.06. The summed E-state index contributed by atoms with van der Waals surface area (Å²) in [5, 5.41) is 0. The number of hydrogen-bond donors (Lipinski definition) is 0. The van der Waals surface area contributed by atoms with E-state index < -0.39 is 0 Å². The highest BCUT2D eigenvalue weighted by Crippen LogP contribution is 2.39. The van der Waals surface area contributed by atoms with Crippen LogP contribution in [0.1, 0.15) is 55.2 Å². The molecule has 0 atom stereocenters. The average molecular weight is 320 g/mol. The fourth-order valence-corrected chi connectivity index (χ4v) is 5.33. The maximum atomic E-state index is 2.57. The summed E-state index contributed by atoms with van der Waals surface area (Å²) in [7, 11) is 0. The molecular formula is C18H25NS2.